The van der Waals surface area contributed by atoms with Crippen LogP contribution in [0.5, 0.6) is 0 Å². The summed E-state index contributed by atoms with van der Waals surface area (Å²) < 4.78 is 5.19. The number of alkyl carbamates (subject to hydrolysis) is 1. The summed E-state index contributed by atoms with van der Waals surface area (Å²) in [6.07, 6.45) is 6.26. The lowest BCUT2D eigenvalue weighted by Gasteiger charge is -2.31. The number of nitrogens with one attached hydrogen (secondary N) is 2. The lowest BCUT2D eigenvalue weighted by molar-refractivity contribution is -0.139. The molecule has 0 aliphatic heterocycles. The highest BCUT2D eigenvalue weighted by Gasteiger charge is 2.31. The summed E-state index contributed by atoms with van der Waals surface area (Å²) >= 11 is 0. The van der Waals surface area contributed by atoms with Gasteiger partial charge in [-0.1, -0.05) is 54.5 Å². The Labute approximate surface area is 201 Å². The van der Waals surface area contributed by atoms with Gasteiger partial charge in [-0.15, -0.1) is 13.0 Å². The first-order chi connectivity index (χ1) is 16.1. The second kappa shape index (κ2) is 12.3. The maximum atomic E-state index is 13.3. The molecule has 0 bridgehead atoms. The van der Waals surface area contributed by atoms with E-state index in [0.717, 1.165) is 5.56 Å². The van der Waals surface area contributed by atoms with Gasteiger partial charge in [-0.2, -0.15) is 0 Å². The van der Waals surface area contributed by atoms with E-state index in [-0.39, 0.29) is 19.0 Å². The summed E-state index contributed by atoms with van der Waals surface area (Å²) in [5, 5.41) is 5.35. The molecule has 34 heavy (non-hydrogen) atoms. The largest absolute Gasteiger partial charge is 0.444 e. The van der Waals surface area contributed by atoms with Crippen LogP contribution in [0.3, 0.4) is 0 Å². The number of rotatable bonds is 9. The fourth-order valence-corrected chi connectivity index (χ4v) is 3.17. The van der Waals surface area contributed by atoms with Gasteiger partial charge in [-0.25, -0.2) is 4.79 Å². The minimum absolute atomic E-state index is 0.0924. The molecule has 0 saturated heterocycles. The van der Waals surface area contributed by atoms with Gasteiger partial charge >= 0.3 is 6.09 Å². The van der Waals surface area contributed by atoms with E-state index >= 15 is 0 Å². The quantitative estimate of drug-likeness (QED) is 0.442. The fourth-order valence-electron chi connectivity index (χ4n) is 3.17. The van der Waals surface area contributed by atoms with E-state index in [1.165, 1.54) is 11.0 Å². The molecule has 0 fully saturated rings. The van der Waals surface area contributed by atoms with Gasteiger partial charge < -0.3 is 20.3 Å². The summed E-state index contributed by atoms with van der Waals surface area (Å²) in [4.78, 5) is 39.8. The van der Waals surface area contributed by atoms with Crippen LogP contribution < -0.4 is 10.6 Å². The highest BCUT2D eigenvalue weighted by molar-refractivity contribution is 5.90. The molecule has 7 heteroatoms. The monoisotopic (exact) mass is 461 g/mol. The number of hydrogen-bond donors (Lipinski definition) is 2. The van der Waals surface area contributed by atoms with E-state index in [4.69, 9.17) is 11.2 Å². The smallest absolute Gasteiger partial charge is 0.408 e. The van der Waals surface area contributed by atoms with Crippen molar-refractivity contribution in [1.82, 2.24) is 15.5 Å². The zero-order chi connectivity index (χ0) is 25.1. The molecule has 0 spiro atoms. The van der Waals surface area contributed by atoms with Crippen molar-refractivity contribution >= 4 is 17.9 Å². The number of nitrogens with zero attached hydrogens (tertiary/aromatic N) is 1. The van der Waals surface area contributed by atoms with Crippen molar-refractivity contribution in [3.63, 3.8) is 0 Å². The SMILES string of the molecule is C#Cc1ccc(C(C(=O)NCc2ccccc2)N(CC=C)C(=O)CNC(=O)OC(C)(C)C)cc1. The Morgan fingerprint density at radius 2 is 1.74 bits per heavy atom. The average Bonchev–Trinajstić information content (AvgIpc) is 2.81. The van der Waals surface area contributed by atoms with E-state index in [1.54, 1.807) is 45.0 Å². The molecular weight excluding hydrogens is 430 g/mol. The number of carbonyl (C=O) groups excluding carboxylic acids is 3. The summed E-state index contributed by atoms with van der Waals surface area (Å²) in [7, 11) is 0. The van der Waals surface area contributed by atoms with Crippen molar-refractivity contribution < 1.29 is 19.1 Å². The van der Waals surface area contributed by atoms with Crippen molar-refractivity contribution in [3.8, 4) is 12.3 Å². The number of amides is 3. The molecule has 2 N–H and O–H groups in total. The van der Waals surface area contributed by atoms with Gasteiger partial charge in [0, 0.05) is 18.7 Å². The molecule has 1 unspecified atom stereocenters. The Kier molecular flexibility index (Phi) is 9.45. The maximum Gasteiger partial charge on any atom is 0.408 e. The lowest BCUT2D eigenvalue weighted by atomic mass is 10.0. The van der Waals surface area contributed by atoms with Crippen LogP contribution in [0.15, 0.2) is 67.3 Å². The molecule has 2 aromatic rings. The molecule has 3 amide bonds. The Hall–Kier alpha value is -4.05. The summed E-state index contributed by atoms with van der Waals surface area (Å²) in [5.41, 5.74) is 1.45. The zero-order valence-corrected chi connectivity index (χ0v) is 19.8. The molecule has 1 atom stereocenters. The van der Waals surface area contributed by atoms with E-state index in [2.05, 4.69) is 23.1 Å². The minimum Gasteiger partial charge on any atom is -0.444 e. The number of terminal acetylenes is 1. The van der Waals surface area contributed by atoms with Crippen LogP contribution in [-0.4, -0.2) is 41.5 Å². The van der Waals surface area contributed by atoms with Gasteiger partial charge in [0.15, 0.2) is 0 Å². The van der Waals surface area contributed by atoms with Gasteiger partial charge in [0.25, 0.3) is 0 Å². The third-order valence-electron chi connectivity index (χ3n) is 4.69. The standard InChI is InChI=1S/C27H31N3O4/c1-6-17-30(23(31)19-29-26(33)34-27(3,4)5)24(22-15-13-20(7-2)14-16-22)25(32)28-18-21-11-9-8-10-12-21/h2,6,8-16,24H,1,17-19H2,3-5H3,(H,28,32)(H,29,33). The first-order valence-electron chi connectivity index (χ1n) is 10.9. The molecule has 178 valence electrons. The molecule has 2 aromatic carbocycles. The fraction of sp³-hybridized carbons (Fsp3) is 0.296. The predicted molar refractivity (Wildman–Crippen MR) is 132 cm³/mol. The highest BCUT2D eigenvalue weighted by Crippen LogP contribution is 2.22. The van der Waals surface area contributed by atoms with Crippen LogP contribution in [0.25, 0.3) is 0 Å². The molecule has 0 aromatic heterocycles. The van der Waals surface area contributed by atoms with Gasteiger partial charge in [-0.3, -0.25) is 9.59 Å². The Balaban J connectivity index is 2.27. The third-order valence-corrected chi connectivity index (χ3v) is 4.69. The van der Waals surface area contributed by atoms with Crippen LogP contribution in [0, 0.1) is 12.3 Å². The second-order valence-corrected chi connectivity index (χ2v) is 8.56. The summed E-state index contributed by atoms with van der Waals surface area (Å²) in [5.74, 6) is 1.70. The molecular formula is C27H31N3O4. The van der Waals surface area contributed by atoms with Gasteiger partial charge in [-0.05, 0) is 44.0 Å². The molecule has 0 aliphatic rings. The molecule has 0 saturated carbocycles. The van der Waals surface area contributed by atoms with Crippen LogP contribution in [0.2, 0.25) is 0 Å². The van der Waals surface area contributed by atoms with Crippen LogP contribution in [0.1, 0.15) is 43.5 Å². The summed E-state index contributed by atoms with van der Waals surface area (Å²) in [6.45, 7) is 8.95. The van der Waals surface area contributed by atoms with E-state index in [0.29, 0.717) is 17.7 Å². The predicted octanol–water partition coefficient (Wildman–Crippen LogP) is 3.56. The first kappa shape index (κ1) is 26.2. The minimum atomic E-state index is -0.957. The third kappa shape index (κ3) is 8.14. The Morgan fingerprint density at radius 3 is 2.29 bits per heavy atom. The lowest BCUT2D eigenvalue weighted by Crippen LogP contribution is -2.47. The van der Waals surface area contributed by atoms with E-state index < -0.39 is 23.6 Å². The van der Waals surface area contributed by atoms with Crippen molar-refractivity contribution in [3.05, 3.63) is 83.9 Å². The first-order valence-corrected chi connectivity index (χ1v) is 10.9. The molecule has 2 rings (SSSR count). The maximum absolute atomic E-state index is 13.3. The molecule has 0 aliphatic carbocycles. The molecule has 7 nitrogen and oxygen atoms in total. The Morgan fingerprint density at radius 1 is 1.09 bits per heavy atom. The number of benzene rings is 2. The average molecular weight is 462 g/mol. The van der Waals surface area contributed by atoms with E-state index in [1.807, 2.05) is 30.3 Å². The summed E-state index contributed by atoms with van der Waals surface area (Å²) in [6, 6.07) is 15.3. The van der Waals surface area contributed by atoms with Gasteiger partial charge in [0.1, 0.15) is 18.2 Å². The van der Waals surface area contributed by atoms with Crippen molar-refractivity contribution in [2.75, 3.05) is 13.1 Å². The Bertz CT molecular complexity index is 1030. The van der Waals surface area contributed by atoms with Crippen LogP contribution in [0.4, 0.5) is 4.79 Å². The van der Waals surface area contributed by atoms with Crippen molar-refractivity contribution in [1.29, 1.82) is 0 Å². The van der Waals surface area contributed by atoms with Gasteiger partial charge in [0.2, 0.25) is 11.8 Å². The van der Waals surface area contributed by atoms with Crippen molar-refractivity contribution in [2.45, 2.75) is 39.0 Å². The topological polar surface area (TPSA) is 87.7 Å². The van der Waals surface area contributed by atoms with Gasteiger partial charge in [0.05, 0.1) is 0 Å². The number of ether oxygens (including phenoxy) is 1. The van der Waals surface area contributed by atoms with Crippen LogP contribution in [-0.2, 0) is 20.9 Å². The normalized spacial score (nSPS) is 11.5. The number of hydrogen-bond acceptors (Lipinski definition) is 4. The van der Waals surface area contributed by atoms with Crippen molar-refractivity contribution in [2.24, 2.45) is 0 Å². The number of carbonyl (C=O) groups is 3. The molecule has 0 radical (unpaired) electrons. The molecule has 0 heterocycles. The van der Waals surface area contributed by atoms with Crippen LogP contribution >= 0.6 is 0 Å². The second-order valence-electron chi connectivity index (χ2n) is 8.56. The van der Waals surface area contributed by atoms with E-state index in [9.17, 15) is 14.4 Å². The highest BCUT2D eigenvalue weighted by atomic mass is 16.6. The zero-order valence-electron chi connectivity index (χ0n) is 19.8.